The van der Waals surface area contributed by atoms with Crippen LogP contribution in [0.2, 0.25) is 0 Å². The predicted molar refractivity (Wildman–Crippen MR) is 90.8 cm³/mol. The van der Waals surface area contributed by atoms with Gasteiger partial charge in [-0.25, -0.2) is 4.98 Å². The van der Waals surface area contributed by atoms with Crippen LogP contribution in [0.3, 0.4) is 0 Å². The van der Waals surface area contributed by atoms with Gasteiger partial charge in [0.2, 0.25) is 5.13 Å². The van der Waals surface area contributed by atoms with E-state index in [1.54, 1.807) is 11.3 Å². The van der Waals surface area contributed by atoms with Gasteiger partial charge in [0.25, 0.3) is 5.91 Å². The Morgan fingerprint density at radius 1 is 1.50 bits per heavy atom. The van der Waals surface area contributed by atoms with Gasteiger partial charge in [-0.05, 0) is 51.4 Å². The van der Waals surface area contributed by atoms with Gasteiger partial charge in [0, 0.05) is 22.5 Å². The number of amides is 1. The minimum atomic E-state index is -0.0903. The van der Waals surface area contributed by atoms with Crippen molar-refractivity contribution in [2.24, 2.45) is 0 Å². The number of carbonyl (C=O) groups excluding carboxylic acids is 1. The molecule has 0 spiro atoms. The summed E-state index contributed by atoms with van der Waals surface area (Å²) < 4.78 is 4.07. The van der Waals surface area contributed by atoms with E-state index in [0.717, 1.165) is 11.4 Å². The lowest BCUT2D eigenvalue weighted by atomic mass is 10.2. The molecule has 0 aliphatic carbocycles. The van der Waals surface area contributed by atoms with Crippen molar-refractivity contribution in [1.82, 2.24) is 14.3 Å². The van der Waals surface area contributed by atoms with Gasteiger partial charge >= 0.3 is 0 Å². The van der Waals surface area contributed by atoms with Gasteiger partial charge in [-0.15, -0.1) is 11.3 Å². The zero-order valence-corrected chi connectivity index (χ0v) is 14.5. The van der Waals surface area contributed by atoms with E-state index in [9.17, 15) is 4.79 Å². The molecule has 22 heavy (non-hydrogen) atoms. The van der Waals surface area contributed by atoms with Crippen LogP contribution in [0.25, 0.3) is 0 Å². The first-order valence-electron chi connectivity index (χ1n) is 7.63. The minimum Gasteiger partial charge on any atom is -0.296 e. The molecule has 0 radical (unpaired) electrons. The Hall–Kier alpha value is -1.31. The van der Waals surface area contributed by atoms with Crippen LogP contribution in [0, 0.1) is 6.92 Å². The number of carbonyl (C=O) groups is 1. The van der Waals surface area contributed by atoms with Crippen LogP contribution < -0.4 is 5.32 Å². The van der Waals surface area contributed by atoms with Gasteiger partial charge < -0.3 is 0 Å². The second-order valence-electron chi connectivity index (χ2n) is 5.50. The molecule has 1 amide bonds. The summed E-state index contributed by atoms with van der Waals surface area (Å²) in [6, 6.07) is 4.50. The molecule has 1 N–H and O–H groups in total. The maximum atomic E-state index is 12.3. The molecule has 3 heterocycles. The molecule has 0 unspecified atom stereocenters. The van der Waals surface area contributed by atoms with Gasteiger partial charge in [-0.3, -0.25) is 15.0 Å². The molecular formula is C15H20N4OS2. The molecule has 118 valence electrons. The zero-order valence-electron chi connectivity index (χ0n) is 12.8. The number of nitrogens with one attached hydrogen (secondary N) is 1. The summed E-state index contributed by atoms with van der Waals surface area (Å²) in [6.07, 6.45) is 3.61. The first-order chi connectivity index (χ1) is 10.7. The maximum absolute atomic E-state index is 12.3. The molecule has 2 aromatic heterocycles. The molecule has 0 saturated carbocycles. The van der Waals surface area contributed by atoms with Gasteiger partial charge in [0.15, 0.2) is 0 Å². The monoisotopic (exact) mass is 336 g/mol. The first kappa shape index (κ1) is 15.6. The van der Waals surface area contributed by atoms with Gasteiger partial charge in [0.1, 0.15) is 5.82 Å². The summed E-state index contributed by atoms with van der Waals surface area (Å²) in [5, 5.41) is 3.38. The van der Waals surface area contributed by atoms with E-state index in [1.165, 1.54) is 42.2 Å². The second kappa shape index (κ2) is 6.85. The highest BCUT2D eigenvalue weighted by Gasteiger charge is 2.27. The quantitative estimate of drug-likeness (QED) is 0.904. The van der Waals surface area contributed by atoms with Crippen molar-refractivity contribution in [1.29, 1.82) is 0 Å². The number of anilines is 1. The van der Waals surface area contributed by atoms with Crippen molar-refractivity contribution in [3.63, 3.8) is 0 Å². The summed E-state index contributed by atoms with van der Waals surface area (Å²) in [6.45, 7) is 6.33. The maximum Gasteiger partial charge on any atom is 0.267 e. The molecule has 1 atom stereocenters. The second-order valence-corrected chi connectivity index (χ2v) is 7.36. The van der Waals surface area contributed by atoms with Crippen LogP contribution in [0.15, 0.2) is 12.1 Å². The summed E-state index contributed by atoms with van der Waals surface area (Å²) >= 11 is 2.81. The summed E-state index contributed by atoms with van der Waals surface area (Å²) in [5.74, 6) is 0.598. The van der Waals surface area contributed by atoms with Gasteiger partial charge in [-0.1, -0.05) is 6.92 Å². The third-order valence-corrected chi connectivity index (χ3v) is 5.71. The topological polar surface area (TPSA) is 58.1 Å². The third kappa shape index (κ3) is 3.37. The zero-order chi connectivity index (χ0) is 15.5. The standard InChI is InChI=1S/C15H20N4OS2/c1-3-8-19-9-4-5-11(19)12-6-7-13(21-12)14(20)17-15-16-10(2)18-22-15/h6-7,11H,3-5,8-9H2,1-2H3,(H,16,17,18,20)/t11-/m0/s1. The van der Waals surface area contributed by atoms with E-state index in [1.807, 2.05) is 13.0 Å². The smallest absolute Gasteiger partial charge is 0.267 e. The highest BCUT2D eigenvalue weighted by molar-refractivity contribution is 7.14. The lowest BCUT2D eigenvalue weighted by Crippen LogP contribution is -2.23. The van der Waals surface area contributed by atoms with E-state index in [2.05, 4.69) is 32.6 Å². The Kier molecular flexibility index (Phi) is 4.85. The molecular weight excluding hydrogens is 316 g/mol. The summed E-state index contributed by atoms with van der Waals surface area (Å²) in [7, 11) is 0. The molecule has 0 bridgehead atoms. The molecule has 1 fully saturated rings. The highest BCUT2D eigenvalue weighted by atomic mass is 32.1. The average molecular weight is 336 g/mol. The van der Waals surface area contributed by atoms with Crippen LogP contribution in [-0.4, -0.2) is 33.3 Å². The number of nitrogens with zero attached hydrogens (tertiary/aromatic N) is 3. The fraction of sp³-hybridized carbons (Fsp3) is 0.533. The summed E-state index contributed by atoms with van der Waals surface area (Å²) in [5.41, 5.74) is 0. The van der Waals surface area contributed by atoms with Crippen molar-refractivity contribution in [2.75, 3.05) is 18.4 Å². The van der Waals surface area contributed by atoms with Crippen LogP contribution in [0.1, 0.15) is 52.6 Å². The Morgan fingerprint density at radius 3 is 3.09 bits per heavy atom. The number of likely N-dealkylation sites (tertiary alicyclic amines) is 1. The Bertz CT molecular complexity index is 652. The number of hydrogen-bond donors (Lipinski definition) is 1. The van der Waals surface area contributed by atoms with Crippen molar-refractivity contribution in [3.05, 3.63) is 27.7 Å². The largest absolute Gasteiger partial charge is 0.296 e. The van der Waals surface area contributed by atoms with Crippen molar-refractivity contribution < 1.29 is 4.79 Å². The number of aryl methyl sites for hydroxylation is 1. The Balaban J connectivity index is 1.69. The SMILES string of the molecule is CCCN1CCC[C@H]1c1ccc(C(=O)Nc2nc(C)ns2)s1. The van der Waals surface area contributed by atoms with Crippen molar-refractivity contribution >= 4 is 33.9 Å². The molecule has 5 nitrogen and oxygen atoms in total. The summed E-state index contributed by atoms with van der Waals surface area (Å²) in [4.78, 5) is 21.0. The van der Waals surface area contributed by atoms with Crippen LogP contribution in [0.4, 0.5) is 5.13 Å². The molecule has 7 heteroatoms. The molecule has 2 aromatic rings. The predicted octanol–water partition coefficient (Wildman–Crippen LogP) is 3.71. The first-order valence-corrected chi connectivity index (χ1v) is 9.22. The number of rotatable bonds is 5. The van der Waals surface area contributed by atoms with Gasteiger partial charge in [-0.2, -0.15) is 4.37 Å². The van der Waals surface area contributed by atoms with E-state index in [-0.39, 0.29) is 5.91 Å². The van der Waals surface area contributed by atoms with Crippen LogP contribution >= 0.6 is 22.9 Å². The van der Waals surface area contributed by atoms with Crippen LogP contribution in [-0.2, 0) is 0 Å². The number of hydrogen-bond acceptors (Lipinski definition) is 6. The lowest BCUT2D eigenvalue weighted by Gasteiger charge is -2.22. The molecule has 1 aliphatic heterocycles. The number of thiophene rings is 1. The normalized spacial score (nSPS) is 18.7. The van der Waals surface area contributed by atoms with Crippen LogP contribution in [0.5, 0.6) is 0 Å². The lowest BCUT2D eigenvalue weighted by molar-refractivity contribution is 0.103. The van der Waals surface area contributed by atoms with E-state index in [4.69, 9.17) is 0 Å². The molecule has 1 saturated heterocycles. The van der Waals surface area contributed by atoms with E-state index >= 15 is 0 Å². The number of aromatic nitrogens is 2. The fourth-order valence-electron chi connectivity index (χ4n) is 2.86. The average Bonchev–Trinajstić information content (AvgIpc) is 3.19. The minimum absolute atomic E-state index is 0.0903. The Labute approximate surface area is 138 Å². The Morgan fingerprint density at radius 2 is 2.36 bits per heavy atom. The van der Waals surface area contributed by atoms with Crippen molar-refractivity contribution in [2.45, 2.75) is 39.2 Å². The van der Waals surface area contributed by atoms with Crippen molar-refractivity contribution in [3.8, 4) is 0 Å². The van der Waals surface area contributed by atoms with Gasteiger partial charge in [0.05, 0.1) is 4.88 Å². The molecule has 3 rings (SSSR count). The van der Waals surface area contributed by atoms with E-state index < -0.39 is 0 Å². The van der Waals surface area contributed by atoms with E-state index in [0.29, 0.717) is 17.0 Å². The third-order valence-electron chi connectivity index (χ3n) is 3.80. The highest BCUT2D eigenvalue weighted by Crippen LogP contribution is 2.36. The fourth-order valence-corrected chi connectivity index (χ4v) is 4.51. The molecule has 0 aromatic carbocycles. The molecule has 1 aliphatic rings.